The van der Waals surface area contributed by atoms with Crippen molar-refractivity contribution < 1.29 is 45.0 Å². The molecule has 2 rings (SSSR count). The average molecular weight is 360 g/mol. The number of hydrogen-bond acceptors (Lipinski definition) is 8. The van der Waals surface area contributed by atoms with E-state index in [0.717, 1.165) is 6.08 Å². The van der Waals surface area contributed by atoms with E-state index in [-0.39, 0.29) is 5.92 Å². The number of hydrogen-bond donors (Lipinski definition) is 6. The van der Waals surface area contributed by atoms with Crippen LogP contribution >= 0.6 is 0 Å². The molecule has 0 aliphatic heterocycles. The van der Waals surface area contributed by atoms with Crippen molar-refractivity contribution in [2.75, 3.05) is 0 Å². The first-order chi connectivity index (χ1) is 11.6. The molecule has 9 nitrogen and oxygen atoms in total. The molecule has 9 heteroatoms. The molecule has 2 fully saturated rings. The van der Waals surface area contributed by atoms with Crippen molar-refractivity contribution in [3.63, 3.8) is 0 Å². The maximum absolute atomic E-state index is 11.9. The van der Waals surface area contributed by atoms with Gasteiger partial charge in [0.15, 0.2) is 5.60 Å². The summed E-state index contributed by atoms with van der Waals surface area (Å²) in [5.74, 6) is -2.54. The van der Waals surface area contributed by atoms with Gasteiger partial charge in [-0.2, -0.15) is 0 Å². The molecule has 0 aromatic rings. The van der Waals surface area contributed by atoms with E-state index in [4.69, 9.17) is 9.84 Å². The van der Waals surface area contributed by atoms with Crippen LogP contribution in [-0.2, 0) is 14.3 Å². The van der Waals surface area contributed by atoms with E-state index < -0.39 is 60.9 Å². The van der Waals surface area contributed by atoms with Crippen LogP contribution in [-0.4, -0.2) is 78.7 Å². The van der Waals surface area contributed by atoms with Gasteiger partial charge in [-0.3, -0.25) is 0 Å². The van der Waals surface area contributed by atoms with E-state index in [9.17, 15) is 35.1 Å². The fraction of sp³-hybridized carbons (Fsp3) is 0.750. The lowest BCUT2D eigenvalue weighted by Crippen LogP contribution is -2.57. The molecule has 0 saturated heterocycles. The van der Waals surface area contributed by atoms with Crippen LogP contribution < -0.4 is 0 Å². The van der Waals surface area contributed by atoms with Crippen molar-refractivity contribution in [2.45, 2.75) is 68.2 Å². The van der Waals surface area contributed by atoms with Crippen LogP contribution in [0.2, 0.25) is 0 Å². The lowest BCUT2D eigenvalue weighted by atomic mass is 9.79. The highest BCUT2D eigenvalue weighted by molar-refractivity contribution is 5.82. The highest BCUT2D eigenvalue weighted by atomic mass is 16.6. The van der Waals surface area contributed by atoms with Crippen molar-refractivity contribution >= 4 is 11.9 Å². The van der Waals surface area contributed by atoms with E-state index in [0.29, 0.717) is 19.3 Å². The van der Waals surface area contributed by atoms with Crippen molar-refractivity contribution in [2.24, 2.45) is 5.92 Å². The second-order valence-corrected chi connectivity index (χ2v) is 6.85. The van der Waals surface area contributed by atoms with Crippen LogP contribution in [0.4, 0.5) is 0 Å². The molecule has 142 valence electrons. The molecular formula is C16H24O9. The SMILES string of the molecule is O=C(/C=C/C1CCC(O)C(O)C1)OC1CC(O)(C(=O)O)CC(O)C1O. The quantitative estimate of drug-likeness (QED) is 0.253. The maximum atomic E-state index is 11.9. The average Bonchev–Trinajstić information content (AvgIpc) is 2.53. The molecule has 0 amide bonds. The minimum Gasteiger partial charge on any atom is -0.479 e. The van der Waals surface area contributed by atoms with Gasteiger partial charge in [0.05, 0.1) is 18.3 Å². The van der Waals surface area contributed by atoms with Gasteiger partial charge in [0, 0.05) is 18.9 Å². The summed E-state index contributed by atoms with van der Waals surface area (Å²) in [7, 11) is 0. The smallest absolute Gasteiger partial charge is 0.335 e. The first-order valence-corrected chi connectivity index (χ1v) is 8.19. The molecule has 7 atom stereocenters. The first-order valence-electron chi connectivity index (χ1n) is 8.19. The van der Waals surface area contributed by atoms with E-state index in [1.165, 1.54) is 6.08 Å². The van der Waals surface area contributed by atoms with Gasteiger partial charge >= 0.3 is 11.9 Å². The molecule has 2 aliphatic carbocycles. The third kappa shape index (κ3) is 4.77. The van der Waals surface area contributed by atoms with E-state index in [1.54, 1.807) is 0 Å². The number of aliphatic hydroxyl groups is 5. The summed E-state index contributed by atoms with van der Waals surface area (Å²) >= 11 is 0. The van der Waals surface area contributed by atoms with Crippen molar-refractivity contribution in [1.29, 1.82) is 0 Å². The van der Waals surface area contributed by atoms with Crippen LogP contribution in [0.1, 0.15) is 32.1 Å². The largest absolute Gasteiger partial charge is 0.479 e. The highest BCUT2D eigenvalue weighted by Gasteiger charge is 2.50. The van der Waals surface area contributed by atoms with Gasteiger partial charge in [-0.05, 0) is 25.2 Å². The Morgan fingerprint density at radius 1 is 1.00 bits per heavy atom. The van der Waals surface area contributed by atoms with Crippen LogP contribution in [0.5, 0.6) is 0 Å². The number of carbonyl (C=O) groups excluding carboxylic acids is 1. The summed E-state index contributed by atoms with van der Waals surface area (Å²) < 4.78 is 4.99. The molecule has 0 aromatic heterocycles. The number of allylic oxidation sites excluding steroid dienone is 1. The molecule has 0 bridgehead atoms. The van der Waals surface area contributed by atoms with Gasteiger partial charge in [-0.1, -0.05) is 6.08 Å². The molecule has 0 heterocycles. The van der Waals surface area contributed by atoms with Crippen molar-refractivity contribution in [3.8, 4) is 0 Å². The Morgan fingerprint density at radius 2 is 1.68 bits per heavy atom. The number of aliphatic hydroxyl groups excluding tert-OH is 4. The molecule has 0 radical (unpaired) electrons. The fourth-order valence-corrected chi connectivity index (χ4v) is 3.28. The van der Waals surface area contributed by atoms with Gasteiger partial charge in [-0.25, -0.2) is 9.59 Å². The van der Waals surface area contributed by atoms with E-state index in [1.807, 2.05) is 0 Å². The molecule has 2 saturated carbocycles. The lowest BCUT2D eigenvalue weighted by molar-refractivity contribution is -0.196. The van der Waals surface area contributed by atoms with Crippen molar-refractivity contribution in [1.82, 2.24) is 0 Å². The lowest BCUT2D eigenvalue weighted by Gasteiger charge is -2.39. The summed E-state index contributed by atoms with van der Waals surface area (Å²) in [6.45, 7) is 0. The summed E-state index contributed by atoms with van der Waals surface area (Å²) in [5.41, 5.74) is -2.28. The van der Waals surface area contributed by atoms with Gasteiger partial charge in [0.2, 0.25) is 0 Å². The standard InChI is InChI=1S/C16H24O9/c17-9-3-1-8(5-10(9)18)2-4-13(20)25-12-7-16(24,15(22)23)6-11(19)14(12)21/h2,4,8-12,14,17-19,21,24H,1,3,5-7H2,(H,22,23)/b4-2+. The number of carboxylic acid groups (broad SMARTS) is 1. The zero-order valence-electron chi connectivity index (χ0n) is 13.6. The number of carboxylic acids is 1. The Balaban J connectivity index is 1.94. The molecule has 0 spiro atoms. The molecule has 2 aliphatic rings. The van der Waals surface area contributed by atoms with Gasteiger partial charge < -0.3 is 35.4 Å². The normalized spacial score (nSPS) is 42.3. The second-order valence-electron chi connectivity index (χ2n) is 6.85. The molecule has 6 N–H and O–H groups in total. The number of aliphatic carboxylic acids is 1. The number of carbonyl (C=O) groups is 2. The highest BCUT2D eigenvalue weighted by Crippen LogP contribution is 2.31. The summed E-state index contributed by atoms with van der Waals surface area (Å²) in [6.07, 6.45) is -3.20. The monoisotopic (exact) mass is 360 g/mol. The van der Waals surface area contributed by atoms with Crippen LogP contribution in [0.25, 0.3) is 0 Å². The van der Waals surface area contributed by atoms with Crippen molar-refractivity contribution in [3.05, 3.63) is 12.2 Å². The zero-order chi connectivity index (χ0) is 18.8. The second kappa shape index (κ2) is 7.79. The van der Waals surface area contributed by atoms with Crippen LogP contribution in [0.3, 0.4) is 0 Å². The minimum absolute atomic E-state index is 0.122. The Hall–Kier alpha value is -1.52. The topological polar surface area (TPSA) is 165 Å². The third-order valence-corrected chi connectivity index (χ3v) is 4.85. The zero-order valence-corrected chi connectivity index (χ0v) is 13.6. The molecular weight excluding hydrogens is 336 g/mol. The summed E-state index contributed by atoms with van der Waals surface area (Å²) in [4.78, 5) is 23.0. The molecule has 0 aromatic carbocycles. The van der Waals surface area contributed by atoms with E-state index >= 15 is 0 Å². The Morgan fingerprint density at radius 3 is 2.28 bits per heavy atom. The third-order valence-electron chi connectivity index (χ3n) is 4.85. The predicted octanol–water partition coefficient (Wildman–Crippen LogP) is -1.69. The Kier molecular flexibility index (Phi) is 6.17. The maximum Gasteiger partial charge on any atom is 0.335 e. The number of ether oxygens (including phenoxy) is 1. The molecule has 25 heavy (non-hydrogen) atoms. The Bertz CT molecular complexity index is 534. The van der Waals surface area contributed by atoms with Gasteiger partial charge in [0.1, 0.15) is 12.2 Å². The minimum atomic E-state index is -2.28. The number of rotatable bonds is 4. The summed E-state index contributed by atoms with van der Waals surface area (Å²) in [6, 6.07) is 0. The summed E-state index contributed by atoms with van der Waals surface area (Å²) in [5, 5.41) is 57.6. The van der Waals surface area contributed by atoms with Crippen LogP contribution in [0, 0.1) is 5.92 Å². The predicted molar refractivity (Wildman–Crippen MR) is 82.2 cm³/mol. The first kappa shape index (κ1) is 19.8. The van der Waals surface area contributed by atoms with Gasteiger partial charge in [-0.15, -0.1) is 0 Å². The Labute approximate surface area is 144 Å². The molecule has 7 unspecified atom stereocenters. The number of esters is 1. The van der Waals surface area contributed by atoms with E-state index in [2.05, 4.69) is 0 Å². The van der Waals surface area contributed by atoms with Gasteiger partial charge in [0.25, 0.3) is 0 Å². The fourth-order valence-electron chi connectivity index (χ4n) is 3.28. The van der Waals surface area contributed by atoms with Crippen LogP contribution in [0.15, 0.2) is 12.2 Å².